The number of aromatic nitrogens is 1. The second kappa shape index (κ2) is 4.48. The predicted molar refractivity (Wildman–Crippen MR) is 60.2 cm³/mol. The first-order chi connectivity index (χ1) is 7.27. The fourth-order valence-corrected chi connectivity index (χ4v) is 2.68. The van der Waals surface area contributed by atoms with Crippen LogP contribution < -0.4 is 5.32 Å². The summed E-state index contributed by atoms with van der Waals surface area (Å²) in [5.74, 6) is 2.03. The van der Waals surface area contributed by atoms with Crippen LogP contribution in [0.25, 0.3) is 0 Å². The van der Waals surface area contributed by atoms with Gasteiger partial charge in [-0.15, -0.1) is 0 Å². The summed E-state index contributed by atoms with van der Waals surface area (Å²) >= 11 is 1.86. The third-order valence-electron chi connectivity index (χ3n) is 2.25. The lowest BCUT2D eigenvalue weighted by molar-refractivity contribution is -0.388. The molecule has 1 unspecified atom stereocenters. The van der Waals surface area contributed by atoms with Crippen LogP contribution in [0.15, 0.2) is 18.3 Å². The van der Waals surface area contributed by atoms with E-state index in [4.69, 9.17) is 0 Å². The third kappa shape index (κ3) is 2.38. The van der Waals surface area contributed by atoms with Gasteiger partial charge in [-0.2, -0.15) is 11.8 Å². The first-order valence-electron chi connectivity index (χ1n) is 4.71. The van der Waals surface area contributed by atoms with Crippen molar-refractivity contribution in [2.45, 2.75) is 12.5 Å². The van der Waals surface area contributed by atoms with Crippen LogP contribution in [0.1, 0.15) is 6.42 Å². The Bertz CT molecular complexity index is 366. The molecule has 0 aliphatic carbocycles. The molecule has 0 spiro atoms. The lowest BCUT2D eigenvalue weighted by Gasteiger charge is -2.11. The van der Waals surface area contributed by atoms with Gasteiger partial charge >= 0.3 is 5.82 Å². The average Bonchev–Trinajstić information content (AvgIpc) is 2.71. The smallest absolute Gasteiger partial charge is 0.375 e. The van der Waals surface area contributed by atoms with Crippen molar-refractivity contribution >= 4 is 23.3 Å². The Morgan fingerprint density at radius 3 is 3.20 bits per heavy atom. The highest BCUT2D eigenvalue weighted by Crippen LogP contribution is 2.25. The van der Waals surface area contributed by atoms with Gasteiger partial charge in [0, 0.05) is 11.8 Å². The van der Waals surface area contributed by atoms with Crippen LogP contribution in [0, 0.1) is 10.1 Å². The van der Waals surface area contributed by atoms with Gasteiger partial charge in [0.05, 0.1) is 0 Å². The van der Waals surface area contributed by atoms with Crippen molar-refractivity contribution in [3.8, 4) is 0 Å². The Labute approximate surface area is 91.4 Å². The Hall–Kier alpha value is -1.30. The minimum absolute atomic E-state index is 0.0885. The highest BCUT2D eigenvalue weighted by atomic mass is 32.2. The van der Waals surface area contributed by atoms with Crippen LogP contribution >= 0.6 is 11.8 Å². The van der Waals surface area contributed by atoms with E-state index in [9.17, 15) is 10.1 Å². The molecule has 0 amide bonds. The maximum atomic E-state index is 10.7. The van der Waals surface area contributed by atoms with Crippen molar-refractivity contribution < 1.29 is 4.92 Å². The van der Waals surface area contributed by atoms with Gasteiger partial charge in [-0.1, -0.05) is 0 Å². The van der Waals surface area contributed by atoms with E-state index in [2.05, 4.69) is 10.3 Å². The molecule has 6 heteroatoms. The molecule has 1 saturated heterocycles. The Balaban J connectivity index is 2.15. The zero-order valence-corrected chi connectivity index (χ0v) is 8.87. The maximum absolute atomic E-state index is 10.7. The van der Waals surface area contributed by atoms with Crippen LogP contribution in [-0.2, 0) is 0 Å². The summed E-state index contributed by atoms with van der Waals surface area (Å²) in [6.07, 6.45) is 2.49. The number of nitro groups is 1. The van der Waals surface area contributed by atoms with Crippen LogP contribution in [0.3, 0.4) is 0 Å². The molecule has 1 fully saturated rings. The lowest BCUT2D eigenvalue weighted by atomic mass is 10.2. The summed E-state index contributed by atoms with van der Waals surface area (Å²) in [6, 6.07) is 3.74. The Morgan fingerprint density at radius 2 is 2.53 bits per heavy atom. The SMILES string of the molecule is O=[N+]([O-])c1ncccc1NC1CCSC1. The number of hydrogen-bond donors (Lipinski definition) is 1. The number of hydrogen-bond acceptors (Lipinski definition) is 5. The van der Waals surface area contributed by atoms with Gasteiger partial charge < -0.3 is 15.4 Å². The first kappa shape index (κ1) is 10.2. The second-order valence-corrected chi connectivity index (χ2v) is 4.49. The largest absolute Gasteiger partial charge is 0.386 e. The van der Waals surface area contributed by atoms with Crippen molar-refractivity contribution in [2.24, 2.45) is 0 Å². The van der Waals surface area contributed by atoms with E-state index in [1.165, 1.54) is 6.20 Å². The molecular weight excluding hydrogens is 214 g/mol. The zero-order chi connectivity index (χ0) is 10.7. The van der Waals surface area contributed by atoms with E-state index in [0.29, 0.717) is 11.7 Å². The molecule has 1 aliphatic heterocycles. The van der Waals surface area contributed by atoms with Crippen molar-refractivity contribution in [2.75, 3.05) is 16.8 Å². The van der Waals surface area contributed by atoms with Crippen molar-refractivity contribution in [1.82, 2.24) is 4.98 Å². The number of nitrogens with zero attached hydrogens (tertiary/aromatic N) is 2. The van der Waals surface area contributed by atoms with Gasteiger partial charge in [0.15, 0.2) is 0 Å². The van der Waals surface area contributed by atoms with E-state index in [0.717, 1.165) is 17.9 Å². The maximum Gasteiger partial charge on any atom is 0.386 e. The van der Waals surface area contributed by atoms with Gasteiger partial charge in [-0.3, -0.25) is 0 Å². The van der Waals surface area contributed by atoms with Gasteiger partial charge in [0.1, 0.15) is 11.9 Å². The average molecular weight is 225 g/mol. The molecule has 2 rings (SSSR count). The molecule has 2 heterocycles. The quantitative estimate of drug-likeness (QED) is 0.628. The van der Waals surface area contributed by atoms with Gasteiger partial charge in [-0.05, 0) is 34.2 Å². The predicted octanol–water partition coefficient (Wildman–Crippen LogP) is 1.91. The monoisotopic (exact) mass is 225 g/mol. The number of nitrogens with one attached hydrogen (secondary N) is 1. The molecule has 15 heavy (non-hydrogen) atoms. The fraction of sp³-hybridized carbons (Fsp3) is 0.444. The fourth-order valence-electron chi connectivity index (χ4n) is 1.52. The molecular formula is C9H11N3O2S. The molecule has 1 atom stereocenters. The highest BCUT2D eigenvalue weighted by Gasteiger charge is 2.20. The summed E-state index contributed by atoms with van der Waals surface area (Å²) in [7, 11) is 0. The Morgan fingerprint density at radius 1 is 1.67 bits per heavy atom. The number of thioether (sulfide) groups is 1. The molecule has 5 nitrogen and oxygen atoms in total. The minimum Gasteiger partial charge on any atom is -0.375 e. The molecule has 1 aromatic heterocycles. The van der Waals surface area contributed by atoms with Crippen molar-refractivity contribution in [1.29, 1.82) is 0 Å². The standard InChI is InChI=1S/C9H11N3O2S/c13-12(14)9-8(2-1-4-10-9)11-7-3-5-15-6-7/h1-2,4,7,11H,3,5-6H2. The second-order valence-electron chi connectivity index (χ2n) is 3.34. The third-order valence-corrected chi connectivity index (χ3v) is 3.41. The molecule has 80 valence electrons. The van der Waals surface area contributed by atoms with Gasteiger partial charge in [0.25, 0.3) is 0 Å². The van der Waals surface area contributed by atoms with E-state index >= 15 is 0 Å². The summed E-state index contributed by atoms with van der Waals surface area (Å²) < 4.78 is 0. The summed E-state index contributed by atoms with van der Waals surface area (Å²) in [5.41, 5.74) is 0.523. The molecule has 1 aromatic rings. The van der Waals surface area contributed by atoms with E-state index in [1.807, 2.05) is 11.8 Å². The molecule has 0 radical (unpaired) electrons. The topological polar surface area (TPSA) is 68.1 Å². The lowest BCUT2D eigenvalue weighted by Crippen LogP contribution is -2.19. The summed E-state index contributed by atoms with van der Waals surface area (Å²) in [4.78, 5) is 14.0. The van der Waals surface area contributed by atoms with Gasteiger partial charge in [-0.25, -0.2) is 0 Å². The molecule has 1 N–H and O–H groups in total. The van der Waals surface area contributed by atoms with Crippen molar-refractivity contribution in [3.63, 3.8) is 0 Å². The number of rotatable bonds is 3. The van der Waals surface area contributed by atoms with E-state index in [1.54, 1.807) is 12.1 Å². The molecule has 0 bridgehead atoms. The molecule has 0 saturated carbocycles. The van der Waals surface area contributed by atoms with Crippen LogP contribution in [0.4, 0.5) is 11.5 Å². The highest BCUT2D eigenvalue weighted by molar-refractivity contribution is 7.99. The van der Waals surface area contributed by atoms with E-state index < -0.39 is 4.92 Å². The van der Waals surface area contributed by atoms with Gasteiger partial charge in [0.2, 0.25) is 0 Å². The summed E-state index contributed by atoms with van der Waals surface area (Å²) in [5, 5.41) is 13.9. The number of anilines is 1. The van der Waals surface area contributed by atoms with Crippen molar-refractivity contribution in [3.05, 3.63) is 28.4 Å². The van der Waals surface area contributed by atoms with E-state index in [-0.39, 0.29) is 5.82 Å². The first-order valence-corrected chi connectivity index (χ1v) is 5.86. The Kier molecular flexibility index (Phi) is 3.05. The number of pyridine rings is 1. The van der Waals surface area contributed by atoms with Crippen LogP contribution in [0.5, 0.6) is 0 Å². The normalized spacial score (nSPS) is 20.1. The summed E-state index contributed by atoms with van der Waals surface area (Å²) in [6.45, 7) is 0. The van der Waals surface area contributed by atoms with Crippen LogP contribution in [0.2, 0.25) is 0 Å². The molecule has 1 aliphatic rings. The zero-order valence-electron chi connectivity index (χ0n) is 8.05. The molecule has 0 aromatic carbocycles. The minimum atomic E-state index is -0.454. The van der Waals surface area contributed by atoms with Crippen LogP contribution in [-0.4, -0.2) is 27.5 Å².